The predicted octanol–water partition coefficient (Wildman–Crippen LogP) is 3.49. The molecule has 1 aliphatic heterocycles. The van der Waals surface area contributed by atoms with Crippen molar-refractivity contribution in [2.24, 2.45) is 0 Å². The largest absolute Gasteiger partial charge is 0.378 e. The first kappa shape index (κ1) is 21.3. The van der Waals surface area contributed by atoms with E-state index >= 15 is 0 Å². The first-order chi connectivity index (χ1) is 16.0. The van der Waals surface area contributed by atoms with E-state index in [4.69, 9.17) is 4.74 Å². The Kier molecular flexibility index (Phi) is 5.63. The van der Waals surface area contributed by atoms with Crippen LogP contribution in [0.3, 0.4) is 0 Å². The number of carbonyl (C=O) groups excluding carboxylic acids is 1. The highest BCUT2D eigenvalue weighted by molar-refractivity contribution is 5.85. The van der Waals surface area contributed by atoms with Crippen LogP contribution in [0.25, 0.3) is 16.6 Å². The number of hydrogen-bond acceptors (Lipinski definition) is 5. The van der Waals surface area contributed by atoms with Gasteiger partial charge in [-0.2, -0.15) is 4.52 Å². The van der Waals surface area contributed by atoms with Gasteiger partial charge in [0.15, 0.2) is 5.65 Å². The summed E-state index contributed by atoms with van der Waals surface area (Å²) in [6.07, 6.45) is 0. The van der Waals surface area contributed by atoms with E-state index in [1.54, 1.807) is 26.4 Å². The molecule has 0 aliphatic carbocycles. The molecule has 1 fully saturated rings. The molecule has 2 aromatic heterocycles. The van der Waals surface area contributed by atoms with Crippen molar-refractivity contribution in [3.05, 3.63) is 70.5 Å². The number of morpholine rings is 1. The van der Waals surface area contributed by atoms with E-state index in [1.807, 2.05) is 0 Å². The lowest BCUT2D eigenvalue weighted by atomic mass is 10.0. The van der Waals surface area contributed by atoms with E-state index in [-0.39, 0.29) is 11.8 Å². The molecule has 0 saturated carbocycles. The molecule has 0 N–H and O–H groups in total. The highest BCUT2D eigenvalue weighted by atomic mass is 19.1. The van der Waals surface area contributed by atoms with Crippen molar-refractivity contribution in [3.63, 3.8) is 0 Å². The number of pyridine rings is 1. The van der Waals surface area contributed by atoms with E-state index in [0.29, 0.717) is 45.0 Å². The maximum Gasteiger partial charge on any atom is 0.320 e. The molecular weight excluding hydrogens is 423 g/mol. The number of benzene rings is 2. The Morgan fingerprint density at radius 2 is 1.79 bits per heavy atom. The minimum Gasteiger partial charge on any atom is -0.378 e. The van der Waals surface area contributed by atoms with Gasteiger partial charge in [0.05, 0.1) is 25.3 Å². The standard InChI is InChI=1S/C24H25FN6O2/c1-16-11-19-13-20(23-26-27-28-31(23)22(19)12-17(16)2)15-30(14-18-3-5-21(25)6-4-18)24(32)29-7-9-33-10-8-29/h3-6,11-13H,7-10,14-15H2,1-2H3. The topological polar surface area (TPSA) is 75.9 Å². The number of aryl methyl sites for hydroxylation is 2. The summed E-state index contributed by atoms with van der Waals surface area (Å²) in [6, 6.07) is 12.4. The van der Waals surface area contributed by atoms with Crippen LogP contribution in [0.1, 0.15) is 22.3 Å². The summed E-state index contributed by atoms with van der Waals surface area (Å²) in [5.41, 5.74) is 5.57. The van der Waals surface area contributed by atoms with Crippen molar-refractivity contribution in [1.82, 2.24) is 29.8 Å². The number of carbonyl (C=O) groups is 1. The number of ether oxygens (including phenoxy) is 1. The minimum atomic E-state index is -0.304. The molecular formula is C24H25FN6O2. The summed E-state index contributed by atoms with van der Waals surface area (Å²) >= 11 is 0. The summed E-state index contributed by atoms with van der Waals surface area (Å²) in [5, 5.41) is 13.3. The number of nitrogens with zero attached hydrogens (tertiary/aromatic N) is 6. The lowest BCUT2D eigenvalue weighted by Crippen LogP contribution is -2.47. The average molecular weight is 449 g/mol. The van der Waals surface area contributed by atoms with Crippen LogP contribution in [-0.4, -0.2) is 62.2 Å². The Labute approximate surface area is 190 Å². The highest BCUT2D eigenvalue weighted by Crippen LogP contribution is 2.24. The Balaban J connectivity index is 1.54. The molecule has 3 heterocycles. The number of halogens is 1. The fourth-order valence-corrected chi connectivity index (χ4v) is 4.20. The van der Waals surface area contributed by atoms with Crippen molar-refractivity contribution < 1.29 is 13.9 Å². The van der Waals surface area contributed by atoms with Gasteiger partial charge in [-0.05, 0) is 71.3 Å². The SMILES string of the molecule is Cc1cc2cc(CN(Cc3ccc(F)cc3)C(=O)N3CCOCC3)c3nnnn3c2cc1C. The van der Waals surface area contributed by atoms with Gasteiger partial charge in [0.25, 0.3) is 0 Å². The number of amides is 2. The molecule has 5 rings (SSSR count). The average Bonchev–Trinajstić information content (AvgIpc) is 3.32. The van der Waals surface area contributed by atoms with Crippen molar-refractivity contribution in [2.75, 3.05) is 26.3 Å². The number of fused-ring (bicyclic) bond motifs is 3. The molecule has 33 heavy (non-hydrogen) atoms. The third-order valence-electron chi connectivity index (χ3n) is 6.16. The molecule has 4 aromatic rings. The van der Waals surface area contributed by atoms with Gasteiger partial charge in [0, 0.05) is 30.6 Å². The van der Waals surface area contributed by atoms with Gasteiger partial charge >= 0.3 is 6.03 Å². The number of tetrazole rings is 1. The molecule has 8 nitrogen and oxygen atoms in total. The van der Waals surface area contributed by atoms with Gasteiger partial charge in [-0.3, -0.25) is 0 Å². The van der Waals surface area contributed by atoms with Gasteiger partial charge in [-0.15, -0.1) is 5.10 Å². The van der Waals surface area contributed by atoms with Crippen molar-refractivity contribution in [2.45, 2.75) is 26.9 Å². The van der Waals surface area contributed by atoms with Crippen LogP contribution in [0.2, 0.25) is 0 Å². The van der Waals surface area contributed by atoms with Crippen molar-refractivity contribution in [1.29, 1.82) is 0 Å². The number of aromatic nitrogens is 4. The zero-order chi connectivity index (χ0) is 22.9. The van der Waals surface area contributed by atoms with E-state index in [9.17, 15) is 9.18 Å². The molecule has 170 valence electrons. The normalized spacial score (nSPS) is 14.2. The third kappa shape index (κ3) is 4.23. The summed E-state index contributed by atoms with van der Waals surface area (Å²) < 4.78 is 20.6. The number of rotatable bonds is 4. The number of urea groups is 1. The molecule has 0 spiro atoms. The quantitative estimate of drug-likeness (QED) is 0.478. The highest BCUT2D eigenvalue weighted by Gasteiger charge is 2.25. The molecule has 1 saturated heterocycles. The van der Waals surface area contributed by atoms with Gasteiger partial charge in [0.1, 0.15) is 5.82 Å². The second kappa shape index (κ2) is 8.74. The van der Waals surface area contributed by atoms with Crippen LogP contribution >= 0.6 is 0 Å². The first-order valence-electron chi connectivity index (χ1n) is 11.0. The lowest BCUT2D eigenvalue weighted by Gasteiger charge is -2.33. The zero-order valence-electron chi connectivity index (χ0n) is 18.7. The molecule has 0 unspecified atom stereocenters. The van der Waals surface area contributed by atoms with E-state index in [1.165, 1.54) is 17.7 Å². The molecule has 9 heteroatoms. The fourth-order valence-electron chi connectivity index (χ4n) is 4.20. The summed E-state index contributed by atoms with van der Waals surface area (Å²) in [5.74, 6) is -0.304. The second-order valence-electron chi connectivity index (χ2n) is 8.44. The van der Waals surface area contributed by atoms with Crippen molar-refractivity contribution >= 4 is 22.6 Å². The molecule has 2 aromatic carbocycles. The number of hydrogen-bond donors (Lipinski definition) is 0. The molecule has 2 amide bonds. The summed E-state index contributed by atoms with van der Waals surface area (Å²) in [7, 11) is 0. The lowest BCUT2D eigenvalue weighted by molar-refractivity contribution is 0.0419. The third-order valence-corrected chi connectivity index (χ3v) is 6.16. The Hall–Kier alpha value is -3.59. The van der Waals surface area contributed by atoms with Gasteiger partial charge < -0.3 is 14.5 Å². The van der Waals surface area contributed by atoms with Crippen LogP contribution < -0.4 is 0 Å². The Bertz CT molecular complexity index is 1310. The molecule has 0 atom stereocenters. The zero-order valence-corrected chi connectivity index (χ0v) is 18.7. The van der Waals surface area contributed by atoms with Crippen LogP contribution in [0, 0.1) is 19.7 Å². The van der Waals surface area contributed by atoms with Crippen molar-refractivity contribution in [3.8, 4) is 0 Å². The molecule has 0 bridgehead atoms. The van der Waals surface area contributed by atoms with E-state index in [0.717, 1.165) is 27.6 Å². The van der Waals surface area contributed by atoms with Crippen LogP contribution in [0.15, 0.2) is 42.5 Å². The first-order valence-corrected chi connectivity index (χ1v) is 11.0. The summed E-state index contributed by atoms with van der Waals surface area (Å²) in [6.45, 7) is 6.90. The Morgan fingerprint density at radius 1 is 1.06 bits per heavy atom. The van der Waals surface area contributed by atoms with E-state index < -0.39 is 0 Å². The predicted molar refractivity (Wildman–Crippen MR) is 121 cm³/mol. The smallest absolute Gasteiger partial charge is 0.320 e. The molecule has 1 aliphatic rings. The minimum absolute atomic E-state index is 0.0894. The fraction of sp³-hybridized carbons (Fsp3) is 0.333. The maximum atomic E-state index is 13.5. The Morgan fingerprint density at radius 3 is 2.55 bits per heavy atom. The van der Waals surface area contributed by atoms with Gasteiger partial charge in [-0.1, -0.05) is 12.1 Å². The van der Waals surface area contributed by atoms with Crippen LogP contribution in [0.5, 0.6) is 0 Å². The molecule has 0 radical (unpaired) electrons. The van der Waals surface area contributed by atoms with Gasteiger partial charge in [-0.25, -0.2) is 9.18 Å². The van der Waals surface area contributed by atoms with Crippen LogP contribution in [0.4, 0.5) is 9.18 Å². The summed E-state index contributed by atoms with van der Waals surface area (Å²) in [4.78, 5) is 17.0. The maximum absolute atomic E-state index is 13.5. The second-order valence-corrected chi connectivity index (χ2v) is 8.44. The van der Waals surface area contributed by atoms with Crippen LogP contribution in [-0.2, 0) is 17.8 Å². The monoisotopic (exact) mass is 448 g/mol. The van der Waals surface area contributed by atoms with E-state index in [2.05, 4.69) is 47.6 Å². The van der Waals surface area contributed by atoms with Gasteiger partial charge in [0.2, 0.25) is 0 Å².